The molecule has 0 aromatic heterocycles. The average Bonchev–Trinajstić information content (AvgIpc) is 2.80. The molecule has 0 spiro atoms. The molecule has 0 radical (unpaired) electrons. The Kier molecular flexibility index (Phi) is 3.95. The Balaban J connectivity index is 1.91. The van der Waals surface area contributed by atoms with E-state index in [4.69, 9.17) is 0 Å². The maximum absolute atomic E-state index is 12.5. The number of nitrogens with one attached hydrogen (secondary N) is 1. The van der Waals surface area contributed by atoms with Gasteiger partial charge >= 0.3 is 0 Å². The molecule has 3 rings (SSSR count). The van der Waals surface area contributed by atoms with Gasteiger partial charge in [-0.25, -0.2) is 4.90 Å². The predicted molar refractivity (Wildman–Crippen MR) is 96.8 cm³/mol. The van der Waals surface area contributed by atoms with Crippen LogP contribution in [0.4, 0.5) is 11.4 Å². The maximum Gasteiger partial charge on any atom is 0.266 e. The average molecular weight is 336 g/mol. The van der Waals surface area contributed by atoms with Crippen LogP contribution in [0.5, 0.6) is 0 Å². The number of nitrogens with zero attached hydrogens (tertiary/aromatic N) is 1. The largest absolute Gasteiger partial charge is 0.325 e. The number of rotatable bonds is 2. The summed E-state index contributed by atoms with van der Waals surface area (Å²) >= 11 is 0. The number of hydrogen-bond donors (Lipinski definition) is 1. The van der Waals surface area contributed by atoms with Gasteiger partial charge in [0.2, 0.25) is 5.91 Å². The molecule has 0 saturated heterocycles. The summed E-state index contributed by atoms with van der Waals surface area (Å²) in [6, 6.07) is 11.9. The van der Waals surface area contributed by atoms with E-state index < -0.39 is 5.41 Å². The monoisotopic (exact) mass is 336 g/mol. The number of amides is 3. The van der Waals surface area contributed by atoms with E-state index in [-0.39, 0.29) is 17.7 Å². The molecule has 0 aliphatic carbocycles. The Morgan fingerprint density at radius 1 is 0.960 bits per heavy atom. The molecule has 0 atom stereocenters. The number of hydrogen-bond acceptors (Lipinski definition) is 3. The van der Waals surface area contributed by atoms with Gasteiger partial charge < -0.3 is 5.32 Å². The first-order chi connectivity index (χ1) is 11.7. The Morgan fingerprint density at radius 3 is 2.00 bits per heavy atom. The summed E-state index contributed by atoms with van der Waals surface area (Å²) in [7, 11) is 0. The summed E-state index contributed by atoms with van der Waals surface area (Å²) in [6.45, 7) is 7.35. The van der Waals surface area contributed by atoms with E-state index in [1.54, 1.807) is 42.5 Å². The van der Waals surface area contributed by atoms with E-state index >= 15 is 0 Å². The Bertz CT molecular complexity index is 859. The predicted octanol–water partition coefficient (Wildman–Crippen LogP) is 3.78. The summed E-state index contributed by atoms with van der Waals surface area (Å²) in [4.78, 5) is 38.4. The minimum atomic E-state index is -0.506. The fourth-order valence-corrected chi connectivity index (χ4v) is 2.66. The lowest BCUT2D eigenvalue weighted by Gasteiger charge is -2.20. The molecule has 3 amide bonds. The molecule has 128 valence electrons. The highest BCUT2D eigenvalue weighted by Gasteiger charge is 2.36. The first kappa shape index (κ1) is 16.9. The summed E-state index contributed by atoms with van der Waals surface area (Å²) in [5, 5.41) is 2.88. The minimum Gasteiger partial charge on any atom is -0.325 e. The van der Waals surface area contributed by atoms with Gasteiger partial charge in [0.1, 0.15) is 0 Å². The lowest BCUT2D eigenvalue weighted by Crippen LogP contribution is -2.30. The van der Waals surface area contributed by atoms with Crippen LogP contribution in [0.2, 0.25) is 0 Å². The number of benzene rings is 2. The fraction of sp³-hybridized carbons (Fsp3) is 0.250. The first-order valence-corrected chi connectivity index (χ1v) is 8.10. The third-order valence-electron chi connectivity index (χ3n) is 4.19. The van der Waals surface area contributed by atoms with Crippen molar-refractivity contribution < 1.29 is 14.4 Å². The van der Waals surface area contributed by atoms with Crippen molar-refractivity contribution in [1.82, 2.24) is 0 Å². The SMILES string of the molecule is Cc1cc(N2C(=O)c3ccccc3C2=O)ccc1NC(=O)C(C)(C)C. The van der Waals surface area contributed by atoms with Crippen molar-refractivity contribution >= 4 is 29.1 Å². The Hall–Kier alpha value is -2.95. The standard InChI is InChI=1S/C20H20N2O3/c1-12-11-13(9-10-16(12)21-19(25)20(2,3)4)22-17(23)14-7-5-6-8-15(14)18(22)24/h5-11H,1-4H3,(H,21,25). The van der Waals surface area contributed by atoms with Crippen LogP contribution in [0.1, 0.15) is 47.1 Å². The Labute approximate surface area is 146 Å². The van der Waals surface area contributed by atoms with Gasteiger partial charge in [-0.15, -0.1) is 0 Å². The molecule has 2 aromatic rings. The van der Waals surface area contributed by atoms with Crippen LogP contribution in [0, 0.1) is 12.3 Å². The summed E-state index contributed by atoms with van der Waals surface area (Å²) in [6.07, 6.45) is 0. The number of fused-ring (bicyclic) bond motifs is 1. The molecule has 5 nitrogen and oxygen atoms in total. The summed E-state index contributed by atoms with van der Waals surface area (Å²) in [5.41, 5.74) is 2.27. The quantitative estimate of drug-likeness (QED) is 0.849. The molecular weight excluding hydrogens is 316 g/mol. The normalized spacial score (nSPS) is 13.8. The summed E-state index contributed by atoms with van der Waals surface area (Å²) < 4.78 is 0. The summed E-state index contributed by atoms with van der Waals surface area (Å²) in [5.74, 6) is -0.748. The van der Waals surface area contributed by atoms with E-state index in [2.05, 4.69) is 5.32 Å². The van der Waals surface area contributed by atoms with Gasteiger partial charge in [0, 0.05) is 11.1 Å². The number of anilines is 2. The Morgan fingerprint density at radius 2 is 1.52 bits per heavy atom. The lowest BCUT2D eigenvalue weighted by molar-refractivity contribution is -0.123. The van der Waals surface area contributed by atoms with Crippen LogP contribution in [0.15, 0.2) is 42.5 Å². The molecule has 0 saturated carbocycles. The van der Waals surface area contributed by atoms with Crippen LogP contribution in [0.3, 0.4) is 0 Å². The molecule has 1 aliphatic rings. The van der Waals surface area contributed by atoms with Crippen LogP contribution < -0.4 is 10.2 Å². The molecule has 1 aliphatic heterocycles. The van der Waals surface area contributed by atoms with Gasteiger partial charge in [0.05, 0.1) is 16.8 Å². The molecule has 2 aromatic carbocycles. The van der Waals surface area contributed by atoms with Gasteiger partial charge in [0.15, 0.2) is 0 Å². The second-order valence-corrected chi connectivity index (χ2v) is 7.19. The molecule has 0 fully saturated rings. The van der Waals surface area contributed by atoms with E-state index in [1.165, 1.54) is 4.90 Å². The highest BCUT2D eigenvalue weighted by molar-refractivity contribution is 6.34. The number of imide groups is 1. The number of carbonyl (C=O) groups is 3. The van der Waals surface area contributed by atoms with Crippen LogP contribution in [0.25, 0.3) is 0 Å². The van der Waals surface area contributed by atoms with E-state index in [0.717, 1.165) is 5.56 Å². The molecule has 1 heterocycles. The molecule has 5 heteroatoms. The third-order valence-corrected chi connectivity index (χ3v) is 4.19. The van der Waals surface area contributed by atoms with Crippen molar-refractivity contribution in [2.45, 2.75) is 27.7 Å². The number of aryl methyl sites for hydroxylation is 1. The highest BCUT2D eigenvalue weighted by atomic mass is 16.2. The van der Waals surface area contributed by atoms with Crippen LogP contribution >= 0.6 is 0 Å². The van der Waals surface area contributed by atoms with Gasteiger partial charge in [-0.05, 0) is 42.8 Å². The van der Waals surface area contributed by atoms with Gasteiger partial charge in [0.25, 0.3) is 11.8 Å². The van der Waals surface area contributed by atoms with Crippen molar-refractivity contribution in [3.8, 4) is 0 Å². The lowest BCUT2D eigenvalue weighted by atomic mass is 9.95. The molecule has 1 N–H and O–H groups in total. The third kappa shape index (κ3) is 2.93. The second kappa shape index (κ2) is 5.84. The van der Waals surface area contributed by atoms with Gasteiger partial charge in [-0.1, -0.05) is 32.9 Å². The van der Waals surface area contributed by atoms with Crippen LogP contribution in [-0.2, 0) is 4.79 Å². The topological polar surface area (TPSA) is 66.5 Å². The van der Waals surface area contributed by atoms with Gasteiger partial charge in [-0.2, -0.15) is 0 Å². The van der Waals surface area contributed by atoms with E-state index in [0.29, 0.717) is 22.5 Å². The number of carbonyl (C=O) groups excluding carboxylic acids is 3. The molecule has 25 heavy (non-hydrogen) atoms. The molecule has 0 unspecified atom stereocenters. The van der Waals surface area contributed by atoms with Crippen molar-refractivity contribution in [1.29, 1.82) is 0 Å². The molecule has 0 bridgehead atoms. The van der Waals surface area contributed by atoms with Gasteiger partial charge in [-0.3, -0.25) is 14.4 Å². The highest BCUT2D eigenvalue weighted by Crippen LogP contribution is 2.31. The first-order valence-electron chi connectivity index (χ1n) is 8.10. The molecular formula is C20H20N2O3. The smallest absolute Gasteiger partial charge is 0.266 e. The zero-order valence-corrected chi connectivity index (χ0v) is 14.7. The zero-order chi connectivity index (χ0) is 18.4. The minimum absolute atomic E-state index is 0.0934. The van der Waals surface area contributed by atoms with Crippen molar-refractivity contribution in [3.05, 3.63) is 59.2 Å². The van der Waals surface area contributed by atoms with Crippen LogP contribution in [-0.4, -0.2) is 17.7 Å². The second-order valence-electron chi connectivity index (χ2n) is 7.19. The van der Waals surface area contributed by atoms with Crippen molar-refractivity contribution in [3.63, 3.8) is 0 Å². The fourth-order valence-electron chi connectivity index (χ4n) is 2.66. The van der Waals surface area contributed by atoms with E-state index in [9.17, 15) is 14.4 Å². The van der Waals surface area contributed by atoms with E-state index in [1.807, 2.05) is 27.7 Å². The van der Waals surface area contributed by atoms with Crippen molar-refractivity contribution in [2.75, 3.05) is 10.2 Å². The van der Waals surface area contributed by atoms with Crippen molar-refractivity contribution in [2.24, 2.45) is 5.41 Å². The maximum atomic E-state index is 12.5. The zero-order valence-electron chi connectivity index (χ0n) is 14.7.